The normalized spacial score (nSPS) is 56.7. The average Bonchev–Trinajstić information content (AvgIpc) is 3.04. The first-order valence-corrected chi connectivity index (χ1v) is 14.0. The molecule has 0 saturated heterocycles. The van der Waals surface area contributed by atoms with Gasteiger partial charge in [0.05, 0.1) is 0 Å². The van der Waals surface area contributed by atoms with Crippen LogP contribution in [0.3, 0.4) is 0 Å². The Balaban J connectivity index is 1.50. The van der Waals surface area contributed by atoms with E-state index in [-0.39, 0.29) is 0 Å². The second-order valence-electron chi connectivity index (χ2n) is 15.0. The minimum Gasteiger partial charge on any atom is -0.396 e. The summed E-state index contributed by atoms with van der Waals surface area (Å²) in [5, 5.41) is 9.93. The summed E-state index contributed by atoms with van der Waals surface area (Å²) in [7, 11) is 0. The van der Waals surface area contributed by atoms with Gasteiger partial charge in [-0.25, -0.2) is 0 Å². The predicted octanol–water partition coefficient (Wildman–Crippen LogP) is 8.11. The summed E-state index contributed by atoms with van der Waals surface area (Å²) < 4.78 is 0. The molecule has 0 amide bonds. The van der Waals surface area contributed by atoms with Crippen LogP contribution < -0.4 is 0 Å². The predicted molar refractivity (Wildman–Crippen MR) is 131 cm³/mol. The summed E-state index contributed by atoms with van der Waals surface area (Å²) in [6.07, 6.45) is 16.0. The molecule has 0 bridgehead atoms. The van der Waals surface area contributed by atoms with Crippen LogP contribution in [0.5, 0.6) is 0 Å². The molecule has 5 aliphatic rings. The molecular weight excluding hydrogens is 376 g/mol. The minimum absolute atomic E-state index is 0.383. The van der Waals surface area contributed by atoms with E-state index in [0.29, 0.717) is 39.6 Å². The van der Waals surface area contributed by atoms with Crippen LogP contribution in [0.2, 0.25) is 0 Å². The first kappa shape index (κ1) is 22.7. The van der Waals surface area contributed by atoms with Crippen LogP contribution >= 0.6 is 0 Å². The Kier molecular flexibility index (Phi) is 5.13. The van der Waals surface area contributed by atoms with Gasteiger partial charge in [-0.2, -0.15) is 0 Å². The summed E-state index contributed by atoms with van der Waals surface area (Å²) >= 11 is 0. The van der Waals surface area contributed by atoms with E-state index in [2.05, 4.69) is 48.5 Å². The molecule has 1 N–H and O–H groups in total. The highest BCUT2D eigenvalue weighted by Gasteiger charge is 2.70. The maximum atomic E-state index is 9.93. The molecule has 1 heteroatoms. The summed E-state index contributed by atoms with van der Waals surface area (Å²) in [5.74, 6) is 4.86. The number of aliphatic hydroxyl groups is 1. The number of rotatable bonds is 2. The van der Waals surface area contributed by atoms with Gasteiger partial charge in [0.25, 0.3) is 0 Å². The molecule has 5 fully saturated rings. The zero-order chi connectivity index (χ0) is 22.4. The third-order valence-electron chi connectivity index (χ3n) is 13.8. The molecule has 0 heterocycles. The van der Waals surface area contributed by atoms with E-state index in [1.807, 2.05) is 0 Å². The van der Waals surface area contributed by atoms with E-state index < -0.39 is 0 Å². The van der Waals surface area contributed by atoms with Crippen molar-refractivity contribution >= 4 is 0 Å². The Morgan fingerprint density at radius 2 is 1.29 bits per heavy atom. The van der Waals surface area contributed by atoms with Gasteiger partial charge >= 0.3 is 0 Å². The maximum Gasteiger partial charge on any atom is 0.0459 e. The molecule has 31 heavy (non-hydrogen) atoms. The second kappa shape index (κ2) is 6.99. The molecule has 178 valence electrons. The molecule has 5 saturated carbocycles. The Hall–Kier alpha value is -0.0400. The highest BCUT2D eigenvalue weighted by Crippen LogP contribution is 2.78. The fourth-order valence-corrected chi connectivity index (χ4v) is 12.2. The van der Waals surface area contributed by atoms with Gasteiger partial charge in [-0.3, -0.25) is 0 Å². The zero-order valence-electron chi connectivity index (χ0n) is 21.9. The van der Waals surface area contributed by atoms with Gasteiger partial charge in [0.2, 0.25) is 0 Å². The quantitative estimate of drug-likeness (QED) is 0.471. The van der Waals surface area contributed by atoms with E-state index in [4.69, 9.17) is 0 Å². The zero-order valence-corrected chi connectivity index (χ0v) is 21.9. The van der Waals surface area contributed by atoms with Crippen LogP contribution in [0.4, 0.5) is 0 Å². The van der Waals surface area contributed by atoms with Gasteiger partial charge in [-0.15, -0.1) is 0 Å². The van der Waals surface area contributed by atoms with Crippen LogP contribution in [0, 0.1) is 62.6 Å². The molecule has 0 aliphatic heterocycles. The molecule has 5 rings (SSSR count). The largest absolute Gasteiger partial charge is 0.396 e. The lowest BCUT2D eigenvalue weighted by atomic mass is 9.32. The van der Waals surface area contributed by atoms with Crippen LogP contribution in [0.15, 0.2) is 0 Å². The van der Waals surface area contributed by atoms with E-state index in [1.54, 1.807) is 0 Å². The van der Waals surface area contributed by atoms with Gasteiger partial charge in [0.1, 0.15) is 0 Å². The van der Waals surface area contributed by atoms with Crippen molar-refractivity contribution in [3.05, 3.63) is 0 Å². The van der Waals surface area contributed by atoms with Crippen molar-refractivity contribution in [3.8, 4) is 0 Å². The van der Waals surface area contributed by atoms with Crippen LogP contribution in [0.1, 0.15) is 119 Å². The van der Waals surface area contributed by atoms with E-state index >= 15 is 0 Å². The Morgan fingerprint density at radius 3 is 1.94 bits per heavy atom. The fraction of sp³-hybridized carbons (Fsp3) is 1.00. The van der Waals surface area contributed by atoms with Crippen molar-refractivity contribution in [2.75, 3.05) is 6.61 Å². The molecule has 0 aromatic heterocycles. The first-order chi connectivity index (χ1) is 14.4. The van der Waals surface area contributed by atoms with Gasteiger partial charge in [0, 0.05) is 6.61 Å². The van der Waals surface area contributed by atoms with Crippen molar-refractivity contribution < 1.29 is 5.11 Å². The van der Waals surface area contributed by atoms with Crippen LogP contribution in [0.25, 0.3) is 0 Å². The van der Waals surface area contributed by atoms with Crippen molar-refractivity contribution in [3.63, 3.8) is 0 Å². The third kappa shape index (κ3) is 2.77. The molecule has 0 aromatic rings. The summed E-state index contributed by atoms with van der Waals surface area (Å²) in [5.41, 5.74) is 2.63. The Morgan fingerprint density at radius 1 is 0.677 bits per heavy atom. The molecule has 1 nitrogen and oxygen atoms in total. The molecule has 0 aromatic carbocycles. The molecule has 10 atom stereocenters. The number of hydrogen-bond donors (Lipinski definition) is 1. The molecule has 8 unspecified atom stereocenters. The summed E-state index contributed by atoms with van der Waals surface area (Å²) in [4.78, 5) is 0. The topological polar surface area (TPSA) is 20.2 Å². The summed E-state index contributed by atoms with van der Waals surface area (Å²) in [6.45, 7) is 18.9. The second-order valence-corrected chi connectivity index (χ2v) is 15.0. The molecule has 0 spiro atoms. The van der Waals surface area contributed by atoms with Crippen LogP contribution in [-0.4, -0.2) is 11.7 Å². The van der Waals surface area contributed by atoms with Gasteiger partial charge in [-0.05, 0) is 127 Å². The lowest BCUT2D eigenvalue weighted by molar-refractivity contribution is -0.241. The lowest BCUT2D eigenvalue weighted by Crippen LogP contribution is -2.65. The third-order valence-corrected chi connectivity index (χ3v) is 13.8. The Bertz CT molecular complexity index is 711. The average molecular weight is 429 g/mol. The van der Waals surface area contributed by atoms with Gasteiger partial charge in [-0.1, -0.05) is 54.9 Å². The van der Waals surface area contributed by atoms with Crippen molar-refractivity contribution in [2.24, 2.45) is 62.6 Å². The molecule has 0 radical (unpaired) electrons. The van der Waals surface area contributed by atoms with Crippen LogP contribution in [-0.2, 0) is 0 Å². The summed E-state index contributed by atoms with van der Waals surface area (Å²) in [6, 6.07) is 0. The highest BCUT2D eigenvalue weighted by atomic mass is 16.3. The lowest BCUT2D eigenvalue weighted by Gasteiger charge is -2.73. The van der Waals surface area contributed by atoms with E-state index in [0.717, 1.165) is 29.6 Å². The van der Waals surface area contributed by atoms with Gasteiger partial charge < -0.3 is 5.11 Å². The number of aliphatic hydroxyl groups excluding tert-OH is 1. The maximum absolute atomic E-state index is 9.93. The number of hydrogen-bond acceptors (Lipinski definition) is 1. The van der Waals surface area contributed by atoms with E-state index in [1.165, 1.54) is 70.6 Å². The SMILES string of the molecule is CC(CO)C1CCC2(C)C1CCC1(C)C2CCC2[C@@]3(C)CCCC(C)(C)C3CC[C@]21C. The molecular formula is C30H52O. The van der Waals surface area contributed by atoms with Crippen molar-refractivity contribution in [1.82, 2.24) is 0 Å². The standard InChI is InChI=1S/C30H52O/c1-20(19-31)21-11-16-27(4)22(21)12-17-29(6)24(27)9-10-25-28(5)15-8-14-26(2,3)23(28)13-18-30(25,29)7/h20-25,31H,8-19H2,1-7H3/t20?,21?,22?,23?,24?,25?,27?,28-,29?,30+/m0/s1. The monoisotopic (exact) mass is 428 g/mol. The highest BCUT2D eigenvalue weighted by molar-refractivity contribution is 5.19. The van der Waals surface area contributed by atoms with Gasteiger partial charge in [0.15, 0.2) is 0 Å². The number of fused-ring (bicyclic) bond motifs is 7. The van der Waals surface area contributed by atoms with Crippen molar-refractivity contribution in [1.29, 1.82) is 0 Å². The minimum atomic E-state index is 0.383. The first-order valence-electron chi connectivity index (χ1n) is 14.0. The van der Waals surface area contributed by atoms with E-state index in [9.17, 15) is 5.11 Å². The smallest absolute Gasteiger partial charge is 0.0459 e. The Labute approximate surface area is 193 Å². The molecule has 5 aliphatic carbocycles. The fourth-order valence-electron chi connectivity index (χ4n) is 12.2. The van der Waals surface area contributed by atoms with Crippen molar-refractivity contribution in [2.45, 2.75) is 119 Å².